The second-order valence-corrected chi connectivity index (χ2v) is 13.2. The van der Waals surface area contributed by atoms with Crippen LogP contribution in [0.2, 0.25) is 0 Å². The van der Waals surface area contributed by atoms with Gasteiger partial charge in [-0.3, -0.25) is 0 Å². The van der Waals surface area contributed by atoms with Crippen LogP contribution in [0.25, 0.3) is 110 Å². The Morgan fingerprint density at radius 1 is 0.260 bits per heavy atom. The van der Waals surface area contributed by atoms with Gasteiger partial charge in [0.15, 0.2) is 0 Å². The minimum absolute atomic E-state index is 0.907. The fraction of sp³-hybridized carbons (Fsp3) is 0. The first-order valence-corrected chi connectivity index (χ1v) is 17.1. The van der Waals surface area contributed by atoms with Crippen LogP contribution in [0, 0.1) is 0 Å². The normalized spacial score (nSPS) is 12.0. The summed E-state index contributed by atoms with van der Waals surface area (Å²) in [6, 6.07) is 60.9. The first kappa shape index (κ1) is 27.3. The number of benzene rings is 9. The van der Waals surface area contributed by atoms with E-state index in [2.05, 4.69) is 152 Å². The highest BCUT2D eigenvalue weighted by atomic mass is 16.3. The molecular formula is C48H28O2. The van der Waals surface area contributed by atoms with Gasteiger partial charge in [-0.15, -0.1) is 0 Å². The molecule has 0 saturated carbocycles. The summed E-state index contributed by atoms with van der Waals surface area (Å²) in [6.07, 6.45) is 0. The molecule has 0 bridgehead atoms. The molecule has 0 spiro atoms. The van der Waals surface area contributed by atoms with Gasteiger partial charge in [0.25, 0.3) is 0 Å². The first-order chi connectivity index (χ1) is 24.8. The van der Waals surface area contributed by atoms with Gasteiger partial charge in [-0.05, 0) is 84.9 Å². The van der Waals surface area contributed by atoms with Crippen LogP contribution >= 0.6 is 0 Å². The van der Waals surface area contributed by atoms with E-state index in [-0.39, 0.29) is 0 Å². The molecule has 0 aliphatic carbocycles. The van der Waals surface area contributed by atoms with Crippen LogP contribution < -0.4 is 0 Å². The monoisotopic (exact) mass is 636 g/mol. The fourth-order valence-corrected chi connectivity index (χ4v) is 8.21. The predicted molar refractivity (Wildman–Crippen MR) is 210 cm³/mol. The zero-order valence-electron chi connectivity index (χ0n) is 27.0. The Balaban J connectivity index is 1.16. The number of hydrogen-bond acceptors (Lipinski definition) is 2. The van der Waals surface area contributed by atoms with E-state index in [0.29, 0.717) is 0 Å². The summed E-state index contributed by atoms with van der Waals surface area (Å²) in [5.74, 6) is 0. The van der Waals surface area contributed by atoms with Crippen LogP contribution in [0.5, 0.6) is 0 Å². The average molecular weight is 637 g/mol. The van der Waals surface area contributed by atoms with Gasteiger partial charge < -0.3 is 8.83 Å². The van der Waals surface area contributed by atoms with Gasteiger partial charge in [0.05, 0.1) is 0 Å². The molecule has 232 valence electrons. The Hall–Kier alpha value is -6.64. The van der Waals surface area contributed by atoms with Crippen molar-refractivity contribution in [3.63, 3.8) is 0 Å². The van der Waals surface area contributed by atoms with Crippen LogP contribution in [0.3, 0.4) is 0 Å². The van der Waals surface area contributed by atoms with Crippen molar-refractivity contribution in [2.45, 2.75) is 0 Å². The number of rotatable bonds is 3. The van der Waals surface area contributed by atoms with E-state index >= 15 is 0 Å². The third-order valence-electron chi connectivity index (χ3n) is 10.5. The van der Waals surface area contributed by atoms with Gasteiger partial charge in [-0.25, -0.2) is 0 Å². The molecule has 11 rings (SSSR count). The van der Waals surface area contributed by atoms with Crippen molar-refractivity contribution in [1.29, 1.82) is 0 Å². The molecule has 2 nitrogen and oxygen atoms in total. The lowest BCUT2D eigenvalue weighted by Crippen LogP contribution is -1.92. The van der Waals surface area contributed by atoms with Crippen LogP contribution in [0.4, 0.5) is 0 Å². The maximum Gasteiger partial charge on any atom is 0.143 e. The van der Waals surface area contributed by atoms with Gasteiger partial charge in [0.1, 0.15) is 22.3 Å². The maximum atomic E-state index is 6.75. The Morgan fingerprint density at radius 2 is 0.740 bits per heavy atom. The molecular weight excluding hydrogens is 609 g/mol. The van der Waals surface area contributed by atoms with Crippen molar-refractivity contribution < 1.29 is 8.83 Å². The molecule has 9 aromatic carbocycles. The van der Waals surface area contributed by atoms with Crippen molar-refractivity contribution in [1.82, 2.24) is 0 Å². The second kappa shape index (κ2) is 10.4. The molecule has 2 aromatic heterocycles. The van der Waals surface area contributed by atoms with Crippen molar-refractivity contribution in [3.8, 4) is 33.4 Å². The predicted octanol–water partition coefficient (Wildman–Crippen LogP) is 13.9. The maximum absolute atomic E-state index is 6.75. The smallest absolute Gasteiger partial charge is 0.143 e. The number of para-hydroxylation sites is 2. The van der Waals surface area contributed by atoms with Crippen LogP contribution in [-0.4, -0.2) is 0 Å². The highest BCUT2D eigenvalue weighted by molar-refractivity contribution is 6.28. The van der Waals surface area contributed by atoms with Crippen molar-refractivity contribution in [3.05, 3.63) is 170 Å². The Kier molecular flexibility index (Phi) is 5.70. The van der Waals surface area contributed by atoms with E-state index in [1.165, 1.54) is 60.1 Å². The zero-order valence-corrected chi connectivity index (χ0v) is 27.0. The highest BCUT2D eigenvalue weighted by Crippen LogP contribution is 2.49. The summed E-state index contributed by atoms with van der Waals surface area (Å²) in [6.45, 7) is 0. The van der Waals surface area contributed by atoms with Gasteiger partial charge in [-0.2, -0.15) is 0 Å². The van der Waals surface area contributed by atoms with Gasteiger partial charge in [0, 0.05) is 32.7 Å². The third kappa shape index (κ3) is 3.90. The summed E-state index contributed by atoms with van der Waals surface area (Å²) in [5.41, 5.74) is 10.8. The summed E-state index contributed by atoms with van der Waals surface area (Å²) >= 11 is 0. The van der Waals surface area contributed by atoms with Crippen molar-refractivity contribution in [2.75, 3.05) is 0 Å². The third-order valence-corrected chi connectivity index (χ3v) is 10.5. The highest BCUT2D eigenvalue weighted by Gasteiger charge is 2.22. The summed E-state index contributed by atoms with van der Waals surface area (Å²) < 4.78 is 12.9. The molecule has 50 heavy (non-hydrogen) atoms. The summed E-state index contributed by atoms with van der Waals surface area (Å²) in [4.78, 5) is 0. The summed E-state index contributed by atoms with van der Waals surface area (Å²) in [7, 11) is 0. The van der Waals surface area contributed by atoms with Gasteiger partial charge in [-0.1, -0.05) is 140 Å². The first-order valence-electron chi connectivity index (χ1n) is 17.1. The van der Waals surface area contributed by atoms with Crippen LogP contribution in [0.15, 0.2) is 179 Å². The molecule has 2 heterocycles. The fourth-order valence-electron chi connectivity index (χ4n) is 8.21. The van der Waals surface area contributed by atoms with Gasteiger partial charge in [0.2, 0.25) is 0 Å². The quantitative estimate of drug-likeness (QED) is 0.180. The van der Waals surface area contributed by atoms with E-state index in [4.69, 9.17) is 8.83 Å². The molecule has 0 unspecified atom stereocenters. The Labute approximate surface area is 287 Å². The lowest BCUT2D eigenvalue weighted by molar-refractivity contribution is 0.669. The minimum atomic E-state index is 0.907. The lowest BCUT2D eigenvalue weighted by Gasteiger charge is -2.19. The van der Waals surface area contributed by atoms with Crippen molar-refractivity contribution in [2.24, 2.45) is 0 Å². The molecule has 0 atom stereocenters. The number of fused-ring (bicyclic) bond motifs is 9. The van der Waals surface area contributed by atoms with E-state index in [1.54, 1.807) is 0 Å². The van der Waals surface area contributed by atoms with E-state index in [9.17, 15) is 0 Å². The summed E-state index contributed by atoms with van der Waals surface area (Å²) in [5, 5.41) is 11.8. The number of furan rings is 2. The average Bonchev–Trinajstić information content (AvgIpc) is 3.74. The van der Waals surface area contributed by atoms with Crippen LogP contribution in [-0.2, 0) is 0 Å². The Morgan fingerprint density at radius 3 is 1.42 bits per heavy atom. The Bertz CT molecular complexity index is 3080. The standard InChI is InChI=1S/C48H28O2/c1-2-12-33-32(11-1)28-41-35-14-8-10-20-43(35)50-48(41)47(33)46-38-17-5-3-15-36(38)45(37-16-4-6-18-39(37)46)30-23-21-29(22-24-30)31-25-26-44-40(27-31)34-13-7-9-19-42(34)49-44/h1-28H. The molecule has 2 heteroatoms. The zero-order chi connectivity index (χ0) is 32.8. The lowest BCUT2D eigenvalue weighted by atomic mass is 9.84. The van der Waals surface area contributed by atoms with E-state index < -0.39 is 0 Å². The van der Waals surface area contributed by atoms with Crippen LogP contribution in [0.1, 0.15) is 0 Å². The van der Waals surface area contributed by atoms with Crippen molar-refractivity contribution >= 4 is 76.2 Å². The minimum Gasteiger partial charge on any atom is -0.456 e. The molecule has 0 fully saturated rings. The SMILES string of the molecule is c1ccc2c(-c3c4ccccc4c(-c4ccc(-c5ccc6oc7ccccc7c6c5)cc4)c4ccccc34)c3oc4ccccc4c3cc2c1. The topological polar surface area (TPSA) is 26.3 Å². The number of hydrogen-bond donors (Lipinski definition) is 0. The molecule has 0 radical (unpaired) electrons. The molecule has 11 aromatic rings. The van der Waals surface area contributed by atoms with E-state index in [1.807, 2.05) is 18.2 Å². The van der Waals surface area contributed by atoms with Gasteiger partial charge >= 0.3 is 0 Å². The molecule has 0 N–H and O–H groups in total. The molecule has 0 aliphatic rings. The molecule has 0 saturated heterocycles. The van der Waals surface area contributed by atoms with E-state index in [0.717, 1.165) is 49.4 Å². The largest absolute Gasteiger partial charge is 0.456 e. The molecule has 0 aliphatic heterocycles. The second-order valence-electron chi connectivity index (χ2n) is 13.2. The molecule has 0 amide bonds.